The number of ketones is 1. The van der Waals surface area contributed by atoms with Crippen molar-refractivity contribution in [3.8, 4) is 5.75 Å². The van der Waals surface area contributed by atoms with Gasteiger partial charge in [-0.1, -0.05) is 25.4 Å². The molecule has 0 unspecified atom stereocenters. The van der Waals surface area contributed by atoms with Gasteiger partial charge in [0.2, 0.25) is 0 Å². The summed E-state index contributed by atoms with van der Waals surface area (Å²) in [5.74, 6) is 0.920. The average molecular weight is 227 g/mol. The molecule has 0 radical (unpaired) electrons. The van der Waals surface area contributed by atoms with Crippen molar-refractivity contribution >= 4 is 17.4 Å². The molecule has 0 fully saturated rings. The second-order valence-electron chi connectivity index (χ2n) is 3.78. The van der Waals surface area contributed by atoms with E-state index in [1.165, 1.54) is 0 Å². The molecule has 0 aliphatic heterocycles. The number of benzene rings is 1. The van der Waals surface area contributed by atoms with Crippen LogP contribution in [0.25, 0.3) is 0 Å². The standard InChI is InChI=1S/C12H15ClO2/c1-7(2)9-6-12(15-4)11(13)5-10(9)8(3)14/h5-7H,1-4H3. The van der Waals surface area contributed by atoms with E-state index in [1.54, 1.807) is 20.1 Å². The van der Waals surface area contributed by atoms with Crippen molar-refractivity contribution in [3.05, 3.63) is 28.3 Å². The fourth-order valence-electron chi connectivity index (χ4n) is 1.51. The zero-order valence-corrected chi connectivity index (χ0v) is 10.2. The van der Waals surface area contributed by atoms with Crippen LogP contribution in [-0.4, -0.2) is 12.9 Å². The number of methoxy groups -OCH3 is 1. The van der Waals surface area contributed by atoms with Crippen LogP contribution in [0.3, 0.4) is 0 Å². The largest absolute Gasteiger partial charge is 0.495 e. The van der Waals surface area contributed by atoms with Gasteiger partial charge in [0.15, 0.2) is 5.78 Å². The van der Waals surface area contributed by atoms with Crippen LogP contribution >= 0.6 is 11.6 Å². The van der Waals surface area contributed by atoms with Gasteiger partial charge in [0.25, 0.3) is 0 Å². The highest BCUT2D eigenvalue weighted by Gasteiger charge is 2.14. The summed E-state index contributed by atoms with van der Waals surface area (Å²) in [5.41, 5.74) is 1.65. The van der Waals surface area contributed by atoms with Crippen molar-refractivity contribution in [3.63, 3.8) is 0 Å². The van der Waals surface area contributed by atoms with Crippen LogP contribution in [0, 0.1) is 0 Å². The molecule has 3 heteroatoms. The maximum Gasteiger partial charge on any atom is 0.160 e. The molecule has 0 aliphatic carbocycles. The van der Waals surface area contributed by atoms with Gasteiger partial charge in [-0.05, 0) is 30.5 Å². The molecule has 82 valence electrons. The summed E-state index contributed by atoms with van der Waals surface area (Å²) in [5, 5.41) is 0.479. The van der Waals surface area contributed by atoms with Crippen LogP contribution in [0.4, 0.5) is 0 Å². The lowest BCUT2D eigenvalue weighted by atomic mass is 9.95. The first-order chi connectivity index (χ1) is 6.97. The number of hydrogen-bond acceptors (Lipinski definition) is 2. The average Bonchev–Trinajstić information content (AvgIpc) is 2.16. The summed E-state index contributed by atoms with van der Waals surface area (Å²) in [7, 11) is 1.57. The van der Waals surface area contributed by atoms with Gasteiger partial charge < -0.3 is 4.74 Å². The molecule has 1 aromatic carbocycles. The van der Waals surface area contributed by atoms with Crippen LogP contribution in [0.2, 0.25) is 5.02 Å². The topological polar surface area (TPSA) is 26.3 Å². The molecule has 0 bridgehead atoms. The predicted molar refractivity (Wildman–Crippen MR) is 62.1 cm³/mol. The first kappa shape index (κ1) is 12.1. The summed E-state index contributed by atoms with van der Waals surface area (Å²) in [6.45, 7) is 5.62. The van der Waals surface area contributed by atoms with E-state index in [4.69, 9.17) is 16.3 Å². The monoisotopic (exact) mass is 226 g/mol. The molecule has 0 aromatic heterocycles. The Morgan fingerprint density at radius 2 is 2.00 bits per heavy atom. The highest BCUT2D eigenvalue weighted by atomic mass is 35.5. The Morgan fingerprint density at radius 1 is 1.40 bits per heavy atom. The normalized spacial score (nSPS) is 10.5. The molecule has 0 saturated carbocycles. The molecular formula is C12H15ClO2. The van der Waals surface area contributed by atoms with Crippen molar-refractivity contribution in [1.29, 1.82) is 0 Å². The smallest absolute Gasteiger partial charge is 0.160 e. The third-order valence-corrected chi connectivity index (χ3v) is 2.62. The van der Waals surface area contributed by atoms with Crippen LogP contribution in [-0.2, 0) is 0 Å². The number of halogens is 1. The summed E-state index contributed by atoms with van der Waals surface area (Å²) in [4.78, 5) is 11.4. The summed E-state index contributed by atoms with van der Waals surface area (Å²) in [6.07, 6.45) is 0. The Labute approximate surface area is 95.2 Å². The van der Waals surface area contributed by atoms with Gasteiger partial charge in [0, 0.05) is 5.56 Å². The predicted octanol–water partition coefficient (Wildman–Crippen LogP) is 3.67. The van der Waals surface area contributed by atoms with Crippen molar-refractivity contribution < 1.29 is 9.53 Å². The van der Waals surface area contributed by atoms with Gasteiger partial charge in [-0.25, -0.2) is 0 Å². The lowest BCUT2D eigenvalue weighted by Crippen LogP contribution is -2.02. The lowest BCUT2D eigenvalue weighted by molar-refractivity contribution is 0.101. The Hall–Kier alpha value is -1.02. The number of carbonyl (C=O) groups is 1. The molecule has 0 heterocycles. The Balaban J connectivity index is 3.38. The first-order valence-corrected chi connectivity index (χ1v) is 5.23. The van der Waals surface area contributed by atoms with E-state index in [9.17, 15) is 4.79 Å². The van der Waals surface area contributed by atoms with Crippen molar-refractivity contribution in [2.45, 2.75) is 26.7 Å². The van der Waals surface area contributed by atoms with E-state index in [0.29, 0.717) is 16.3 Å². The third kappa shape index (κ3) is 2.51. The molecule has 0 amide bonds. The van der Waals surface area contributed by atoms with Gasteiger partial charge in [0.1, 0.15) is 5.75 Å². The van der Waals surface area contributed by atoms with Gasteiger partial charge >= 0.3 is 0 Å². The third-order valence-electron chi connectivity index (χ3n) is 2.33. The summed E-state index contributed by atoms with van der Waals surface area (Å²) >= 11 is 5.97. The molecule has 0 N–H and O–H groups in total. The van der Waals surface area contributed by atoms with Crippen LogP contribution in [0.1, 0.15) is 42.6 Å². The molecule has 15 heavy (non-hydrogen) atoms. The van der Waals surface area contributed by atoms with E-state index in [2.05, 4.69) is 0 Å². The second kappa shape index (κ2) is 4.67. The molecule has 0 atom stereocenters. The highest BCUT2D eigenvalue weighted by Crippen LogP contribution is 2.31. The zero-order chi connectivity index (χ0) is 11.6. The minimum atomic E-state index is 0.0308. The van der Waals surface area contributed by atoms with Crippen molar-refractivity contribution in [2.24, 2.45) is 0 Å². The first-order valence-electron chi connectivity index (χ1n) is 4.85. The molecule has 0 spiro atoms. The number of carbonyl (C=O) groups excluding carboxylic acids is 1. The maximum absolute atomic E-state index is 11.4. The highest BCUT2D eigenvalue weighted by molar-refractivity contribution is 6.32. The van der Waals surface area contributed by atoms with Gasteiger partial charge in [-0.2, -0.15) is 0 Å². The molecular weight excluding hydrogens is 212 g/mol. The van der Waals surface area contributed by atoms with Gasteiger partial charge in [-0.15, -0.1) is 0 Å². The minimum Gasteiger partial charge on any atom is -0.495 e. The Morgan fingerprint density at radius 3 is 2.40 bits per heavy atom. The van der Waals surface area contributed by atoms with Gasteiger partial charge in [-0.3, -0.25) is 4.79 Å². The fraction of sp³-hybridized carbons (Fsp3) is 0.417. The Bertz CT molecular complexity index is 383. The zero-order valence-electron chi connectivity index (χ0n) is 9.43. The van der Waals surface area contributed by atoms with Crippen molar-refractivity contribution in [1.82, 2.24) is 0 Å². The molecule has 2 nitrogen and oxygen atoms in total. The molecule has 0 saturated heterocycles. The molecule has 1 aromatic rings. The SMILES string of the molecule is COc1cc(C(C)C)c(C(C)=O)cc1Cl. The molecule has 0 aliphatic rings. The summed E-state index contributed by atoms with van der Waals surface area (Å²) < 4.78 is 5.13. The number of rotatable bonds is 3. The number of hydrogen-bond donors (Lipinski definition) is 0. The van der Waals surface area contributed by atoms with Crippen LogP contribution in [0.15, 0.2) is 12.1 Å². The maximum atomic E-state index is 11.4. The number of ether oxygens (including phenoxy) is 1. The van der Waals surface area contributed by atoms with Gasteiger partial charge in [0.05, 0.1) is 12.1 Å². The lowest BCUT2D eigenvalue weighted by Gasteiger charge is -2.13. The van der Waals surface area contributed by atoms with E-state index in [0.717, 1.165) is 5.56 Å². The minimum absolute atomic E-state index is 0.0308. The van der Waals surface area contributed by atoms with E-state index in [1.807, 2.05) is 19.9 Å². The van der Waals surface area contributed by atoms with E-state index < -0.39 is 0 Å². The quantitative estimate of drug-likeness (QED) is 0.735. The van der Waals surface area contributed by atoms with E-state index >= 15 is 0 Å². The van der Waals surface area contributed by atoms with E-state index in [-0.39, 0.29) is 11.7 Å². The summed E-state index contributed by atoms with van der Waals surface area (Å²) in [6, 6.07) is 3.52. The molecule has 1 rings (SSSR count). The van der Waals surface area contributed by atoms with Crippen LogP contribution < -0.4 is 4.74 Å². The second-order valence-corrected chi connectivity index (χ2v) is 4.19. The number of Topliss-reactive ketones (excluding diaryl/α,β-unsaturated/α-hetero) is 1. The Kier molecular flexibility index (Phi) is 3.75. The van der Waals surface area contributed by atoms with Crippen LogP contribution in [0.5, 0.6) is 5.75 Å². The fourth-order valence-corrected chi connectivity index (χ4v) is 1.75. The van der Waals surface area contributed by atoms with Crippen molar-refractivity contribution in [2.75, 3.05) is 7.11 Å².